The van der Waals surface area contributed by atoms with E-state index in [0.717, 1.165) is 0 Å². The molecule has 7 nitrogen and oxygen atoms in total. The van der Waals surface area contributed by atoms with Crippen molar-refractivity contribution < 1.29 is 28.5 Å². The summed E-state index contributed by atoms with van der Waals surface area (Å²) in [6.45, 7) is 11.8. The van der Waals surface area contributed by atoms with Crippen molar-refractivity contribution in [1.82, 2.24) is 4.90 Å². The van der Waals surface area contributed by atoms with Crippen molar-refractivity contribution >= 4 is 11.9 Å². The van der Waals surface area contributed by atoms with E-state index in [1.54, 1.807) is 17.0 Å². The molecule has 0 unspecified atom stereocenters. The number of nitrogens with zero attached hydrogens (tertiary/aromatic N) is 1. The Balaban J connectivity index is 3.27. The number of methoxy groups -OCH3 is 1. The van der Waals surface area contributed by atoms with Gasteiger partial charge in [0, 0.05) is 18.7 Å². The molecule has 0 saturated carbocycles. The van der Waals surface area contributed by atoms with Crippen LogP contribution >= 0.6 is 0 Å². The molecule has 1 aromatic carbocycles. The molecule has 1 aromatic rings. The van der Waals surface area contributed by atoms with Crippen LogP contribution in [0.1, 0.15) is 51.4 Å². The van der Waals surface area contributed by atoms with E-state index >= 15 is 0 Å². The number of carbonyl (C=O) groups excluding carboxylic acids is 2. The van der Waals surface area contributed by atoms with Crippen LogP contribution in [0.2, 0.25) is 0 Å². The van der Waals surface area contributed by atoms with Crippen LogP contribution < -0.4 is 14.2 Å². The van der Waals surface area contributed by atoms with Crippen molar-refractivity contribution in [3.05, 3.63) is 17.7 Å². The van der Waals surface area contributed by atoms with Crippen LogP contribution in [-0.4, -0.2) is 56.8 Å². The van der Waals surface area contributed by atoms with Crippen LogP contribution in [0.3, 0.4) is 0 Å². The van der Waals surface area contributed by atoms with E-state index in [1.165, 1.54) is 7.11 Å². The van der Waals surface area contributed by atoms with Gasteiger partial charge in [0.1, 0.15) is 0 Å². The number of benzene rings is 1. The van der Waals surface area contributed by atoms with Crippen LogP contribution in [0.5, 0.6) is 17.2 Å². The average Bonchev–Trinajstić information content (AvgIpc) is 2.66. The van der Waals surface area contributed by atoms with Crippen molar-refractivity contribution in [2.45, 2.75) is 41.0 Å². The molecule has 0 bridgehead atoms. The first kappa shape index (κ1) is 23.6. The number of esters is 1. The fourth-order valence-electron chi connectivity index (χ4n) is 2.74. The van der Waals surface area contributed by atoms with Gasteiger partial charge in [-0.25, -0.2) is 0 Å². The molecule has 0 spiro atoms. The minimum atomic E-state index is -0.349. The Morgan fingerprint density at radius 2 is 1.50 bits per heavy atom. The number of ether oxygens (including phenoxy) is 4. The maximum Gasteiger partial charge on any atom is 0.307 e. The Morgan fingerprint density at radius 3 is 1.93 bits per heavy atom. The molecule has 0 aromatic heterocycles. The highest BCUT2D eigenvalue weighted by molar-refractivity contribution is 5.96. The molecule has 0 aliphatic carbocycles. The zero-order valence-corrected chi connectivity index (χ0v) is 17.9. The number of amides is 1. The number of rotatable bonds is 12. The largest absolute Gasteiger partial charge is 0.490 e. The van der Waals surface area contributed by atoms with E-state index in [4.69, 9.17) is 18.9 Å². The summed E-state index contributed by atoms with van der Waals surface area (Å²) in [5.74, 6) is 1.14. The summed E-state index contributed by atoms with van der Waals surface area (Å²) in [5.41, 5.74) is 0.431. The SMILES string of the molecule is CCOc1cc(C(=O)N(CCC(=O)OC)CC(C)C)cc(OCC)c1OCC. The van der Waals surface area contributed by atoms with E-state index in [1.807, 2.05) is 34.6 Å². The second kappa shape index (κ2) is 12.1. The molecule has 158 valence electrons. The molecule has 0 heterocycles. The molecule has 7 heteroatoms. The Morgan fingerprint density at radius 1 is 0.964 bits per heavy atom. The number of hydrogen-bond acceptors (Lipinski definition) is 6. The zero-order valence-electron chi connectivity index (χ0n) is 17.9. The lowest BCUT2D eigenvalue weighted by Gasteiger charge is -2.25. The van der Waals surface area contributed by atoms with Gasteiger partial charge in [-0.15, -0.1) is 0 Å². The second-order valence-electron chi connectivity index (χ2n) is 6.57. The third-order valence-electron chi connectivity index (χ3n) is 3.84. The van der Waals surface area contributed by atoms with Gasteiger partial charge in [-0.2, -0.15) is 0 Å². The first-order chi connectivity index (χ1) is 13.4. The standard InChI is InChI=1S/C21H33NO6/c1-7-26-17-12-16(13-18(27-8-2)20(17)28-9-3)21(24)22(14-15(4)5)11-10-19(23)25-6/h12-13,15H,7-11,14H2,1-6H3. The third kappa shape index (κ3) is 6.94. The van der Waals surface area contributed by atoms with Gasteiger partial charge >= 0.3 is 5.97 Å². The Kier molecular flexibility index (Phi) is 10.2. The fraction of sp³-hybridized carbons (Fsp3) is 0.619. The molecule has 1 rings (SSSR count). The van der Waals surface area contributed by atoms with Gasteiger partial charge < -0.3 is 23.8 Å². The molecule has 0 N–H and O–H groups in total. The highest BCUT2D eigenvalue weighted by Gasteiger charge is 2.23. The third-order valence-corrected chi connectivity index (χ3v) is 3.84. The topological polar surface area (TPSA) is 74.3 Å². The first-order valence-corrected chi connectivity index (χ1v) is 9.80. The average molecular weight is 395 g/mol. The summed E-state index contributed by atoms with van der Waals surface area (Å²) < 4.78 is 21.8. The van der Waals surface area contributed by atoms with E-state index in [2.05, 4.69) is 0 Å². The molecule has 0 aliphatic rings. The monoisotopic (exact) mass is 395 g/mol. The van der Waals surface area contributed by atoms with Gasteiger partial charge in [0.05, 0.1) is 33.4 Å². The fourth-order valence-corrected chi connectivity index (χ4v) is 2.74. The Bertz CT molecular complexity index is 617. The van der Waals surface area contributed by atoms with Gasteiger partial charge in [0.2, 0.25) is 5.75 Å². The Labute approximate surface area is 167 Å². The van der Waals surface area contributed by atoms with E-state index < -0.39 is 0 Å². The summed E-state index contributed by atoms with van der Waals surface area (Å²) in [5, 5.41) is 0. The van der Waals surface area contributed by atoms with Crippen LogP contribution in [0, 0.1) is 5.92 Å². The van der Waals surface area contributed by atoms with Crippen molar-refractivity contribution in [2.24, 2.45) is 5.92 Å². The van der Waals surface area contributed by atoms with Crippen LogP contribution in [0.25, 0.3) is 0 Å². The summed E-state index contributed by atoms with van der Waals surface area (Å²) in [4.78, 5) is 26.4. The molecule has 0 radical (unpaired) electrons. The number of carbonyl (C=O) groups is 2. The highest BCUT2D eigenvalue weighted by Crippen LogP contribution is 2.39. The summed E-state index contributed by atoms with van der Waals surface area (Å²) in [6.07, 6.45) is 0.141. The molecule has 0 aliphatic heterocycles. The lowest BCUT2D eigenvalue weighted by atomic mass is 10.1. The normalized spacial score (nSPS) is 10.5. The predicted molar refractivity (Wildman–Crippen MR) is 107 cm³/mol. The lowest BCUT2D eigenvalue weighted by molar-refractivity contribution is -0.140. The van der Waals surface area contributed by atoms with E-state index in [0.29, 0.717) is 49.2 Å². The maximum atomic E-state index is 13.2. The van der Waals surface area contributed by atoms with Gasteiger partial charge in [-0.05, 0) is 38.8 Å². The van der Waals surface area contributed by atoms with Gasteiger partial charge in [-0.1, -0.05) is 13.8 Å². The maximum absolute atomic E-state index is 13.2. The highest BCUT2D eigenvalue weighted by atomic mass is 16.5. The second-order valence-corrected chi connectivity index (χ2v) is 6.57. The van der Waals surface area contributed by atoms with Gasteiger partial charge in [0.25, 0.3) is 5.91 Å². The van der Waals surface area contributed by atoms with Gasteiger partial charge in [0.15, 0.2) is 11.5 Å². The van der Waals surface area contributed by atoms with Crippen molar-refractivity contribution in [2.75, 3.05) is 40.0 Å². The van der Waals surface area contributed by atoms with Crippen molar-refractivity contribution in [3.63, 3.8) is 0 Å². The predicted octanol–water partition coefficient (Wildman–Crippen LogP) is 3.54. The van der Waals surface area contributed by atoms with E-state index in [-0.39, 0.29) is 30.8 Å². The first-order valence-electron chi connectivity index (χ1n) is 9.80. The molecular weight excluding hydrogens is 362 g/mol. The van der Waals surface area contributed by atoms with Crippen LogP contribution in [0.15, 0.2) is 12.1 Å². The van der Waals surface area contributed by atoms with Gasteiger partial charge in [-0.3, -0.25) is 9.59 Å². The molecule has 0 fully saturated rings. The molecule has 1 amide bonds. The molecular formula is C21H33NO6. The lowest BCUT2D eigenvalue weighted by Crippen LogP contribution is -2.36. The Hall–Kier alpha value is -2.44. The van der Waals surface area contributed by atoms with Crippen molar-refractivity contribution in [3.8, 4) is 17.2 Å². The summed E-state index contributed by atoms with van der Waals surface area (Å²) >= 11 is 0. The smallest absolute Gasteiger partial charge is 0.307 e. The number of hydrogen-bond donors (Lipinski definition) is 0. The summed E-state index contributed by atoms with van der Waals surface area (Å²) in [7, 11) is 1.34. The van der Waals surface area contributed by atoms with Crippen LogP contribution in [0.4, 0.5) is 0 Å². The zero-order chi connectivity index (χ0) is 21.1. The molecule has 0 atom stereocenters. The molecule has 28 heavy (non-hydrogen) atoms. The van der Waals surface area contributed by atoms with Crippen molar-refractivity contribution in [1.29, 1.82) is 0 Å². The van der Waals surface area contributed by atoms with Crippen LogP contribution in [-0.2, 0) is 9.53 Å². The summed E-state index contributed by atoms with van der Waals surface area (Å²) in [6, 6.07) is 3.34. The molecule has 0 saturated heterocycles. The minimum Gasteiger partial charge on any atom is -0.490 e. The quantitative estimate of drug-likeness (QED) is 0.504. The minimum absolute atomic E-state index is 0.141. The van der Waals surface area contributed by atoms with E-state index in [9.17, 15) is 9.59 Å².